The molecule has 1 aromatic carbocycles. The molecule has 0 fully saturated rings. The summed E-state index contributed by atoms with van der Waals surface area (Å²) < 4.78 is 7.85. The lowest BCUT2D eigenvalue weighted by molar-refractivity contribution is 0.0600. The zero-order valence-electron chi connectivity index (χ0n) is 19.5. The highest BCUT2D eigenvalue weighted by atomic mass is 28.3. The average molecular weight is 462 g/mol. The minimum Gasteiger partial charge on any atom is -0.465 e. The first-order valence-corrected chi connectivity index (χ1v) is 14.0. The van der Waals surface area contributed by atoms with Gasteiger partial charge in [0.2, 0.25) is 0 Å². The normalized spacial score (nSPS) is 10.9. The molecule has 0 amide bonds. The molecule has 0 bridgehead atoms. The molecule has 0 spiro atoms. The molecule has 3 rings (SSSR count). The maximum absolute atomic E-state index is 13.0. The fraction of sp³-hybridized carbons (Fsp3) is 0.280. The second kappa shape index (κ2) is 9.84. The first-order valence-electron chi connectivity index (χ1n) is 10.5. The van der Waals surface area contributed by atoms with Gasteiger partial charge in [-0.3, -0.25) is 14.3 Å². The molecule has 2 aromatic heterocycles. The number of pyridine rings is 1. The van der Waals surface area contributed by atoms with Gasteiger partial charge < -0.3 is 9.30 Å². The number of hydrogen-bond acceptors (Lipinski definition) is 5. The molecule has 7 nitrogen and oxygen atoms in total. The lowest BCUT2D eigenvalue weighted by Crippen LogP contribution is -2.23. The van der Waals surface area contributed by atoms with Crippen molar-refractivity contribution in [3.63, 3.8) is 0 Å². The van der Waals surface area contributed by atoms with Crippen LogP contribution >= 0.6 is 0 Å². The van der Waals surface area contributed by atoms with Gasteiger partial charge in [-0.05, 0) is 30.7 Å². The van der Waals surface area contributed by atoms with E-state index in [4.69, 9.17) is 4.74 Å². The van der Waals surface area contributed by atoms with E-state index in [0.29, 0.717) is 28.9 Å². The van der Waals surface area contributed by atoms with Crippen molar-refractivity contribution < 1.29 is 14.3 Å². The third-order valence-corrected chi connectivity index (χ3v) is 5.84. The van der Waals surface area contributed by atoms with Crippen molar-refractivity contribution >= 4 is 19.8 Å². The van der Waals surface area contributed by atoms with Crippen LogP contribution in [0.5, 0.6) is 0 Å². The maximum atomic E-state index is 13.0. The number of methoxy groups -OCH3 is 1. The van der Waals surface area contributed by atoms with Gasteiger partial charge in [-0.2, -0.15) is 5.10 Å². The minimum absolute atomic E-state index is 0.0916. The summed E-state index contributed by atoms with van der Waals surface area (Å²) in [5.41, 5.74) is 6.16. The summed E-state index contributed by atoms with van der Waals surface area (Å²) in [6.07, 6.45) is 3.15. The summed E-state index contributed by atoms with van der Waals surface area (Å²) in [5, 5.41) is 4.34. The van der Waals surface area contributed by atoms with Gasteiger partial charge in [-0.25, -0.2) is 4.79 Å². The smallest absolute Gasteiger partial charge is 0.337 e. The van der Waals surface area contributed by atoms with Crippen molar-refractivity contribution in [2.24, 2.45) is 0 Å². The van der Waals surface area contributed by atoms with Crippen molar-refractivity contribution in [2.45, 2.75) is 39.7 Å². The number of benzene rings is 1. The number of aromatic nitrogens is 3. The SMILES string of the molecule is COC(=O)c1cccc(Cn2ncc(C(=O)Cn3cc(C#C[Si](C)(C)C)ccc3=O)c2C)c1. The highest BCUT2D eigenvalue weighted by molar-refractivity contribution is 6.83. The Labute approximate surface area is 194 Å². The van der Waals surface area contributed by atoms with Crippen LogP contribution in [-0.4, -0.2) is 41.3 Å². The van der Waals surface area contributed by atoms with Crippen LogP contribution in [0.4, 0.5) is 0 Å². The van der Waals surface area contributed by atoms with Gasteiger partial charge in [0, 0.05) is 23.5 Å². The largest absolute Gasteiger partial charge is 0.465 e. The van der Waals surface area contributed by atoms with E-state index in [1.807, 2.05) is 13.0 Å². The van der Waals surface area contributed by atoms with Crippen molar-refractivity contribution in [2.75, 3.05) is 7.11 Å². The van der Waals surface area contributed by atoms with E-state index in [9.17, 15) is 14.4 Å². The Balaban J connectivity index is 1.80. The predicted octanol–water partition coefficient (Wildman–Crippen LogP) is 3.30. The Hall–Kier alpha value is -3.70. The number of esters is 1. The monoisotopic (exact) mass is 461 g/mol. The Bertz CT molecular complexity index is 1320. The van der Waals surface area contributed by atoms with Gasteiger partial charge >= 0.3 is 5.97 Å². The molecule has 170 valence electrons. The highest BCUT2D eigenvalue weighted by Crippen LogP contribution is 2.14. The summed E-state index contributed by atoms with van der Waals surface area (Å²) in [6, 6.07) is 10.2. The number of carbonyl (C=O) groups excluding carboxylic acids is 2. The third-order valence-electron chi connectivity index (χ3n) is 4.96. The molecule has 0 aliphatic carbocycles. The Morgan fingerprint density at radius 2 is 1.91 bits per heavy atom. The van der Waals surface area contributed by atoms with Crippen LogP contribution in [0, 0.1) is 18.4 Å². The molecule has 0 saturated heterocycles. The van der Waals surface area contributed by atoms with E-state index in [1.54, 1.807) is 35.1 Å². The predicted molar refractivity (Wildman–Crippen MR) is 129 cm³/mol. The van der Waals surface area contributed by atoms with Gasteiger partial charge in [0.05, 0.1) is 37.5 Å². The van der Waals surface area contributed by atoms with Crippen LogP contribution in [0.25, 0.3) is 0 Å². The third kappa shape index (κ3) is 6.17. The van der Waals surface area contributed by atoms with Crippen LogP contribution in [0.2, 0.25) is 19.6 Å². The lowest BCUT2D eigenvalue weighted by atomic mass is 10.1. The molecule has 0 N–H and O–H groups in total. The van der Waals surface area contributed by atoms with E-state index in [1.165, 1.54) is 23.9 Å². The molecule has 0 unspecified atom stereocenters. The standard InChI is InChI=1S/C25H27N3O4Si/c1-18-22(14-26-28(18)16-20-7-6-8-21(13-20)25(31)32-2)23(29)17-27-15-19(9-10-24(27)30)11-12-33(3,4)5/h6-10,13-15H,16-17H2,1-5H3. The number of ether oxygens (including phenoxy) is 1. The van der Waals surface area contributed by atoms with E-state index in [2.05, 4.69) is 36.2 Å². The van der Waals surface area contributed by atoms with Crippen molar-refractivity contribution in [3.05, 3.63) is 87.1 Å². The number of carbonyl (C=O) groups is 2. The molecular formula is C25H27N3O4Si. The highest BCUT2D eigenvalue weighted by Gasteiger charge is 2.16. The molecule has 0 saturated carbocycles. The van der Waals surface area contributed by atoms with Crippen LogP contribution in [0.3, 0.4) is 0 Å². The molecular weight excluding hydrogens is 434 g/mol. The topological polar surface area (TPSA) is 83.2 Å². The fourth-order valence-corrected chi connectivity index (χ4v) is 3.71. The molecule has 2 heterocycles. The molecule has 3 aromatic rings. The molecule has 0 aliphatic heterocycles. The second-order valence-electron chi connectivity index (χ2n) is 8.80. The zero-order chi connectivity index (χ0) is 24.2. The Kier molecular flexibility index (Phi) is 7.14. The summed E-state index contributed by atoms with van der Waals surface area (Å²) in [7, 11) is -0.219. The van der Waals surface area contributed by atoms with Crippen LogP contribution in [-0.2, 0) is 17.8 Å². The van der Waals surface area contributed by atoms with Crippen molar-refractivity contribution in [3.8, 4) is 11.5 Å². The first kappa shape index (κ1) is 23.9. The number of ketones is 1. The Morgan fingerprint density at radius 3 is 2.61 bits per heavy atom. The Morgan fingerprint density at radius 1 is 1.15 bits per heavy atom. The van der Waals surface area contributed by atoms with Gasteiger partial charge in [0.25, 0.3) is 5.56 Å². The van der Waals surface area contributed by atoms with Gasteiger partial charge in [0.1, 0.15) is 8.07 Å². The zero-order valence-corrected chi connectivity index (χ0v) is 20.5. The molecule has 8 heteroatoms. The van der Waals surface area contributed by atoms with Gasteiger partial charge in [-0.1, -0.05) is 37.7 Å². The first-order chi connectivity index (χ1) is 15.6. The summed E-state index contributed by atoms with van der Waals surface area (Å²) in [4.78, 5) is 37.0. The minimum atomic E-state index is -1.56. The van der Waals surface area contributed by atoms with Crippen molar-refractivity contribution in [1.82, 2.24) is 14.3 Å². The van der Waals surface area contributed by atoms with Gasteiger partial charge in [-0.15, -0.1) is 5.54 Å². The van der Waals surface area contributed by atoms with E-state index in [-0.39, 0.29) is 17.9 Å². The maximum Gasteiger partial charge on any atom is 0.337 e. The quantitative estimate of drug-likeness (QED) is 0.243. The van der Waals surface area contributed by atoms with Crippen LogP contribution < -0.4 is 5.56 Å². The molecule has 0 radical (unpaired) electrons. The van der Waals surface area contributed by atoms with Crippen LogP contribution in [0.1, 0.15) is 37.5 Å². The molecule has 33 heavy (non-hydrogen) atoms. The molecule has 0 aliphatic rings. The fourth-order valence-electron chi connectivity index (χ4n) is 3.20. The molecule has 0 atom stereocenters. The summed E-state index contributed by atoms with van der Waals surface area (Å²) in [5.74, 6) is 2.50. The van der Waals surface area contributed by atoms with E-state index >= 15 is 0 Å². The second-order valence-corrected chi connectivity index (χ2v) is 13.6. The van der Waals surface area contributed by atoms with Crippen molar-refractivity contribution in [1.29, 1.82) is 0 Å². The van der Waals surface area contributed by atoms with Crippen LogP contribution in [0.15, 0.2) is 53.6 Å². The average Bonchev–Trinajstić information content (AvgIpc) is 3.13. The number of nitrogens with zero attached hydrogens (tertiary/aromatic N) is 3. The summed E-state index contributed by atoms with van der Waals surface area (Å²) in [6.45, 7) is 8.55. The lowest BCUT2D eigenvalue weighted by Gasteiger charge is -2.08. The number of Topliss-reactive ketones (excluding diaryl/α,β-unsaturated/α-hetero) is 1. The number of hydrogen-bond donors (Lipinski definition) is 0. The summed E-state index contributed by atoms with van der Waals surface area (Å²) >= 11 is 0. The van der Waals surface area contributed by atoms with E-state index in [0.717, 1.165) is 5.56 Å². The van der Waals surface area contributed by atoms with Gasteiger partial charge in [0.15, 0.2) is 5.78 Å². The van der Waals surface area contributed by atoms with E-state index < -0.39 is 14.0 Å². The number of rotatable bonds is 6.